The topological polar surface area (TPSA) is 83.0 Å². The summed E-state index contributed by atoms with van der Waals surface area (Å²) in [5.41, 5.74) is 3.37. The molecule has 2 aliphatic heterocycles. The van der Waals surface area contributed by atoms with E-state index in [-0.39, 0.29) is 23.9 Å². The highest BCUT2D eigenvalue weighted by atomic mass is 35.5. The molecule has 0 saturated carbocycles. The molecule has 39 heavy (non-hydrogen) atoms. The van der Waals surface area contributed by atoms with Crippen molar-refractivity contribution >= 4 is 29.2 Å². The number of carboxylic acid groups (broad SMARTS) is 1. The Morgan fingerprint density at radius 1 is 1.15 bits per heavy atom. The van der Waals surface area contributed by atoms with Crippen LogP contribution in [0.4, 0.5) is 10.1 Å². The van der Waals surface area contributed by atoms with E-state index in [1.807, 2.05) is 6.07 Å². The number of rotatable bonds is 7. The second-order valence-electron chi connectivity index (χ2n) is 10.2. The maximum absolute atomic E-state index is 15.3. The minimum absolute atomic E-state index is 0.0362. The minimum atomic E-state index is -0.958. The average molecular weight is 552 g/mol. The van der Waals surface area contributed by atoms with Crippen molar-refractivity contribution in [2.24, 2.45) is 0 Å². The van der Waals surface area contributed by atoms with Crippen molar-refractivity contribution in [3.63, 3.8) is 0 Å². The Bertz CT molecular complexity index is 1380. The number of carboxylic acids is 1. The predicted molar refractivity (Wildman–Crippen MR) is 148 cm³/mol. The van der Waals surface area contributed by atoms with Gasteiger partial charge in [0.25, 0.3) is 5.91 Å². The molecule has 1 fully saturated rings. The summed E-state index contributed by atoms with van der Waals surface area (Å²) in [5.74, 6) is -1.41. The third-order valence-electron chi connectivity index (χ3n) is 7.42. The molecule has 0 unspecified atom stereocenters. The predicted octanol–water partition coefficient (Wildman–Crippen LogP) is 5.84. The first kappa shape index (κ1) is 26.9. The number of hydrogen-bond acceptors (Lipinski definition) is 5. The average Bonchev–Trinajstić information content (AvgIpc) is 2.92. The van der Waals surface area contributed by atoms with E-state index in [4.69, 9.17) is 21.4 Å². The molecule has 0 spiro atoms. The second kappa shape index (κ2) is 11.6. The number of aromatic nitrogens is 1. The van der Waals surface area contributed by atoms with Crippen LogP contribution in [-0.4, -0.2) is 58.6 Å². The Labute approximate surface area is 232 Å². The summed E-state index contributed by atoms with van der Waals surface area (Å²) in [6, 6.07) is 13.9. The molecule has 7 nitrogen and oxygen atoms in total. The zero-order valence-electron chi connectivity index (χ0n) is 21.8. The zero-order valence-corrected chi connectivity index (χ0v) is 22.5. The van der Waals surface area contributed by atoms with Gasteiger partial charge in [-0.3, -0.25) is 14.6 Å². The molecule has 5 rings (SSSR count). The van der Waals surface area contributed by atoms with Crippen LogP contribution < -0.4 is 9.64 Å². The summed E-state index contributed by atoms with van der Waals surface area (Å²) in [7, 11) is 0. The van der Waals surface area contributed by atoms with Gasteiger partial charge in [0, 0.05) is 37.4 Å². The van der Waals surface area contributed by atoms with Crippen LogP contribution in [0.3, 0.4) is 0 Å². The van der Waals surface area contributed by atoms with Crippen LogP contribution in [0.2, 0.25) is 5.02 Å². The van der Waals surface area contributed by atoms with Gasteiger partial charge in [0.2, 0.25) is 0 Å². The molecule has 1 atom stereocenters. The Kier molecular flexibility index (Phi) is 8.02. The number of benzene rings is 2. The number of ether oxygens (including phenoxy) is 1. The zero-order chi connectivity index (χ0) is 27.5. The Hall–Kier alpha value is -3.65. The lowest BCUT2D eigenvalue weighted by atomic mass is 9.97. The van der Waals surface area contributed by atoms with Crippen molar-refractivity contribution in [1.82, 2.24) is 9.88 Å². The van der Waals surface area contributed by atoms with Crippen molar-refractivity contribution in [1.29, 1.82) is 0 Å². The molecule has 0 radical (unpaired) electrons. The largest absolute Gasteiger partial charge is 0.489 e. The lowest BCUT2D eigenvalue weighted by molar-refractivity contribution is -0.138. The third kappa shape index (κ3) is 6.01. The number of anilines is 1. The van der Waals surface area contributed by atoms with Crippen molar-refractivity contribution in [2.45, 2.75) is 51.2 Å². The monoisotopic (exact) mass is 551 g/mol. The van der Waals surface area contributed by atoms with E-state index in [2.05, 4.69) is 9.88 Å². The summed E-state index contributed by atoms with van der Waals surface area (Å²) in [4.78, 5) is 32.9. The molecule has 3 heterocycles. The number of carbonyl (C=O) groups is 2. The minimum Gasteiger partial charge on any atom is -0.489 e. The van der Waals surface area contributed by atoms with E-state index in [1.165, 1.54) is 12.1 Å². The summed E-state index contributed by atoms with van der Waals surface area (Å²) in [5, 5.41) is 9.65. The standard InChI is InChI=1S/C30H31ClFN3O4/c1-19(15-29(36)37)39-28-7-3-2-5-23(28)20-8-9-24(25(32)16-20)30(38)34-13-10-22(11-14-34)35-12-4-6-26-27(35)17-21(31)18-33-26/h2-3,5,7-9,16-19,22H,4,6,10-15H2,1H3,(H,36,37)/t19-/m1/s1. The highest BCUT2D eigenvalue weighted by Crippen LogP contribution is 2.34. The second-order valence-corrected chi connectivity index (χ2v) is 10.6. The first-order chi connectivity index (χ1) is 18.8. The summed E-state index contributed by atoms with van der Waals surface area (Å²) >= 11 is 6.22. The molecule has 1 aromatic heterocycles. The van der Waals surface area contributed by atoms with Gasteiger partial charge in [0.1, 0.15) is 17.7 Å². The quantitative estimate of drug-likeness (QED) is 0.397. The number of piperidine rings is 1. The number of carbonyl (C=O) groups excluding carboxylic acids is 1. The van der Waals surface area contributed by atoms with Crippen LogP contribution in [-0.2, 0) is 11.2 Å². The lowest BCUT2D eigenvalue weighted by Gasteiger charge is -2.42. The molecule has 1 N–H and O–H groups in total. The maximum atomic E-state index is 15.3. The van der Waals surface area contributed by atoms with Crippen LogP contribution >= 0.6 is 11.6 Å². The van der Waals surface area contributed by atoms with Crippen molar-refractivity contribution in [2.75, 3.05) is 24.5 Å². The van der Waals surface area contributed by atoms with Gasteiger partial charge in [-0.2, -0.15) is 0 Å². The fraction of sp³-hybridized carbons (Fsp3) is 0.367. The number of amides is 1. The van der Waals surface area contributed by atoms with Crippen molar-refractivity contribution in [3.05, 3.63) is 76.8 Å². The summed E-state index contributed by atoms with van der Waals surface area (Å²) in [6.45, 7) is 3.70. The van der Waals surface area contributed by atoms with Gasteiger partial charge in [-0.15, -0.1) is 0 Å². The molecule has 3 aromatic rings. The van der Waals surface area contributed by atoms with Gasteiger partial charge in [0.15, 0.2) is 0 Å². The third-order valence-corrected chi connectivity index (χ3v) is 7.62. The van der Waals surface area contributed by atoms with Gasteiger partial charge in [-0.1, -0.05) is 35.9 Å². The summed E-state index contributed by atoms with van der Waals surface area (Å²) in [6.07, 6.45) is 4.54. The first-order valence-electron chi connectivity index (χ1n) is 13.3. The number of nitrogens with zero attached hydrogens (tertiary/aromatic N) is 3. The number of likely N-dealkylation sites (tertiary alicyclic amines) is 1. The number of aliphatic carboxylic acids is 1. The summed E-state index contributed by atoms with van der Waals surface area (Å²) < 4.78 is 21.1. The number of hydrogen-bond donors (Lipinski definition) is 1. The Balaban J connectivity index is 1.27. The van der Waals surface area contributed by atoms with Crippen LogP contribution in [0.25, 0.3) is 11.1 Å². The highest BCUT2D eigenvalue weighted by Gasteiger charge is 2.31. The molecule has 0 bridgehead atoms. The van der Waals surface area contributed by atoms with Gasteiger partial charge >= 0.3 is 5.97 Å². The fourth-order valence-corrected chi connectivity index (χ4v) is 5.69. The van der Waals surface area contributed by atoms with E-state index in [9.17, 15) is 9.59 Å². The highest BCUT2D eigenvalue weighted by molar-refractivity contribution is 6.30. The van der Waals surface area contributed by atoms with E-state index >= 15 is 4.39 Å². The molecule has 2 aliphatic rings. The molecular weight excluding hydrogens is 521 g/mol. The normalized spacial score (nSPS) is 16.5. The van der Waals surface area contributed by atoms with Crippen LogP contribution in [0, 0.1) is 5.82 Å². The van der Waals surface area contributed by atoms with E-state index in [1.54, 1.807) is 48.4 Å². The van der Waals surface area contributed by atoms with Gasteiger partial charge in [-0.25, -0.2) is 4.39 Å². The number of aryl methyl sites for hydroxylation is 1. The Morgan fingerprint density at radius 2 is 1.92 bits per heavy atom. The van der Waals surface area contributed by atoms with E-state index in [0.29, 0.717) is 35.0 Å². The van der Waals surface area contributed by atoms with Crippen molar-refractivity contribution < 1.29 is 23.8 Å². The maximum Gasteiger partial charge on any atom is 0.307 e. The van der Waals surface area contributed by atoms with Gasteiger partial charge < -0.3 is 19.6 Å². The fourth-order valence-electron chi connectivity index (χ4n) is 5.53. The van der Waals surface area contributed by atoms with E-state index in [0.717, 1.165) is 43.6 Å². The van der Waals surface area contributed by atoms with E-state index < -0.39 is 17.9 Å². The number of pyridine rings is 1. The van der Waals surface area contributed by atoms with Crippen LogP contribution in [0.1, 0.15) is 48.7 Å². The number of fused-ring (bicyclic) bond motifs is 1. The van der Waals surface area contributed by atoms with Gasteiger partial charge in [-0.05, 0) is 62.4 Å². The van der Waals surface area contributed by atoms with Crippen LogP contribution in [0.15, 0.2) is 54.7 Å². The molecular formula is C30H31ClFN3O4. The molecule has 1 amide bonds. The molecule has 204 valence electrons. The number of halogens is 2. The molecule has 1 saturated heterocycles. The molecule has 2 aromatic carbocycles. The van der Waals surface area contributed by atoms with Crippen LogP contribution in [0.5, 0.6) is 5.75 Å². The van der Waals surface area contributed by atoms with Gasteiger partial charge in [0.05, 0.1) is 28.4 Å². The smallest absolute Gasteiger partial charge is 0.307 e. The Morgan fingerprint density at radius 3 is 2.67 bits per heavy atom. The molecule has 9 heteroatoms. The first-order valence-corrected chi connectivity index (χ1v) is 13.7. The lowest BCUT2D eigenvalue weighted by Crippen LogP contribution is -2.48. The van der Waals surface area contributed by atoms with Crippen molar-refractivity contribution in [3.8, 4) is 16.9 Å². The molecule has 0 aliphatic carbocycles. The SMILES string of the molecule is C[C@H](CC(=O)O)Oc1ccccc1-c1ccc(C(=O)N2CCC(N3CCCc4ncc(Cl)cc43)CC2)c(F)c1. The number of para-hydroxylation sites is 1.